The van der Waals surface area contributed by atoms with Gasteiger partial charge in [0.15, 0.2) is 11.6 Å². The minimum atomic E-state index is -1.29. The highest BCUT2D eigenvalue weighted by atomic mass is 19.1. The van der Waals surface area contributed by atoms with Gasteiger partial charge in [-0.15, -0.1) is 0 Å². The molecule has 0 saturated heterocycles. The number of rotatable bonds is 2. The maximum absolute atomic E-state index is 13.2. The lowest BCUT2D eigenvalue weighted by Crippen LogP contribution is -2.00. The van der Waals surface area contributed by atoms with E-state index in [0.29, 0.717) is 0 Å². The van der Waals surface area contributed by atoms with Crippen LogP contribution in [0.2, 0.25) is 0 Å². The van der Waals surface area contributed by atoms with Gasteiger partial charge in [0, 0.05) is 6.07 Å². The van der Waals surface area contributed by atoms with Gasteiger partial charge in [-0.2, -0.15) is 4.39 Å². The van der Waals surface area contributed by atoms with Crippen molar-refractivity contribution in [2.75, 3.05) is 7.11 Å². The Hall–Kier alpha value is -1.72. The van der Waals surface area contributed by atoms with Gasteiger partial charge in [0.2, 0.25) is 5.82 Å². The third kappa shape index (κ3) is 1.50. The minimum absolute atomic E-state index is 0.0325. The molecule has 76 valence electrons. The van der Waals surface area contributed by atoms with Gasteiger partial charge < -0.3 is 4.74 Å². The highest BCUT2D eigenvalue weighted by Crippen LogP contribution is 2.31. The topological polar surface area (TPSA) is 52.4 Å². The van der Waals surface area contributed by atoms with E-state index in [-0.39, 0.29) is 5.56 Å². The lowest BCUT2D eigenvalue weighted by molar-refractivity contribution is -0.387. The molecule has 0 amide bonds. The molecule has 0 N–H and O–H groups in total. The van der Waals surface area contributed by atoms with Crippen LogP contribution in [0, 0.1) is 28.7 Å². The van der Waals surface area contributed by atoms with E-state index in [1.54, 1.807) is 0 Å². The minimum Gasteiger partial charge on any atom is -0.491 e. The van der Waals surface area contributed by atoms with E-state index in [1.807, 2.05) is 0 Å². The molecule has 0 aromatic heterocycles. The van der Waals surface area contributed by atoms with Crippen molar-refractivity contribution in [3.05, 3.63) is 33.4 Å². The molecule has 1 aromatic carbocycles. The number of hydrogen-bond donors (Lipinski definition) is 0. The summed E-state index contributed by atoms with van der Waals surface area (Å²) >= 11 is 0. The summed E-state index contributed by atoms with van der Waals surface area (Å²) in [6.45, 7) is 1.30. The number of hydrogen-bond acceptors (Lipinski definition) is 3. The number of aryl methyl sites for hydroxylation is 1. The van der Waals surface area contributed by atoms with E-state index in [4.69, 9.17) is 0 Å². The quantitative estimate of drug-likeness (QED) is 0.546. The predicted octanol–water partition coefficient (Wildman–Crippen LogP) is 2.19. The highest BCUT2D eigenvalue weighted by Gasteiger charge is 2.24. The number of methoxy groups -OCH3 is 1. The zero-order chi connectivity index (χ0) is 10.9. The maximum Gasteiger partial charge on any atom is 0.309 e. The molecule has 0 bridgehead atoms. The second kappa shape index (κ2) is 3.57. The average molecular weight is 203 g/mol. The highest BCUT2D eigenvalue weighted by molar-refractivity contribution is 5.45. The molecule has 0 aliphatic carbocycles. The van der Waals surface area contributed by atoms with Crippen molar-refractivity contribution in [1.82, 2.24) is 0 Å². The average Bonchev–Trinajstić information content (AvgIpc) is 2.12. The van der Waals surface area contributed by atoms with Gasteiger partial charge in [0.05, 0.1) is 12.0 Å². The van der Waals surface area contributed by atoms with Crippen LogP contribution in [-0.4, -0.2) is 12.0 Å². The molecule has 0 atom stereocenters. The van der Waals surface area contributed by atoms with Crippen molar-refractivity contribution in [3.8, 4) is 5.75 Å². The molecular weight excluding hydrogens is 196 g/mol. The monoisotopic (exact) mass is 203 g/mol. The zero-order valence-corrected chi connectivity index (χ0v) is 7.51. The van der Waals surface area contributed by atoms with Gasteiger partial charge in [-0.25, -0.2) is 4.39 Å². The maximum atomic E-state index is 13.2. The molecule has 1 aromatic rings. The first-order chi connectivity index (χ1) is 6.49. The van der Waals surface area contributed by atoms with Crippen molar-refractivity contribution in [2.45, 2.75) is 6.92 Å². The van der Waals surface area contributed by atoms with Gasteiger partial charge in [-0.05, 0) is 12.5 Å². The van der Waals surface area contributed by atoms with Gasteiger partial charge in [-0.1, -0.05) is 0 Å². The van der Waals surface area contributed by atoms with Crippen LogP contribution in [0.3, 0.4) is 0 Å². The third-order valence-corrected chi connectivity index (χ3v) is 1.72. The molecule has 6 heteroatoms. The first-order valence-corrected chi connectivity index (χ1v) is 3.66. The largest absolute Gasteiger partial charge is 0.491 e. The summed E-state index contributed by atoms with van der Waals surface area (Å²) in [5.41, 5.74) is -0.823. The summed E-state index contributed by atoms with van der Waals surface area (Å²) < 4.78 is 30.7. The fourth-order valence-electron chi connectivity index (χ4n) is 1.04. The molecule has 0 aliphatic heterocycles. The van der Waals surface area contributed by atoms with Crippen LogP contribution in [0.15, 0.2) is 6.07 Å². The standard InChI is InChI=1S/C8H7F2NO3/c1-4-3-5(11(12)13)7(10)8(14-2)6(4)9/h3H,1-2H3. The molecule has 1 rings (SSSR count). The molecular formula is C8H7F2NO3. The Morgan fingerprint density at radius 2 is 2.00 bits per heavy atom. The normalized spacial score (nSPS) is 10.0. The van der Waals surface area contributed by atoms with E-state index in [9.17, 15) is 18.9 Å². The Kier molecular flexibility index (Phi) is 2.64. The third-order valence-electron chi connectivity index (χ3n) is 1.72. The zero-order valence-electron chi connectivity index (χ0n) is 7.51. The molecule has 0 unspecified atom stereocenters. The predicted molar refractivity (Wildman–Crippen MR) is 44.3 cm³/mol. The lowest BCUT2D eigenvalue weighted by atomic mass is 10.2. The molecule has 0 heterocycles. The number of nitro groups is 1. The number of nitro benzene ring substituents is 1. The van der Waals surface area contributed by atoms with Gasteiger partial charge in [0.25, 0.3) is 0 Å². The molecule has 0 radical (unpaired) electrons. The van der Waals surface area contributed by atoms with Crippen LogP contribution in [0.4, 0.5) is 14.5 Å². The van der Waals surface area contributed by atoms with Crippen molar-refractivity contribution in [1.29, 1.82) is 0 Å². The van der Waals surface area contributed by atoms with Crippen molar-refractivity contribution in [2.24, 2.45) is 0 Å². The van der Waals surface area contributed by atoms with Crippen LogP contribution >= 0.6 is 0 Å². The Morgan fingerprint density at radius 3 is 2.43 bits per heavy atom. The fourth-order valence-corrected chi connectivity index (χ4v) is 1.04. The van der Waals surface area contributed by atoms with E-state index in [0.717, 1.165) is 13.2 Å². The number of halogens is 2. The molecule has 14 heavy (non-hydrogen) atoms. The van der Waals surface area contributed by atoms with E-state index in [1.165, 1.54) is 6.92 Å². The van der Waals surface area contributed by atoms with Crippen LogP contribution in [0.25, 0.3) is 0 Å². The van der Waals surface area contributed by atoms with E-state index < -0.39 is 28.0 Å². The number of nitrogens with zero attached hydrogens (tertiary/aromatic N) is 1. The molecule has 0 saturated carbocycles. The lowest BCUT2D eigenvalue weighted by Gasteiger charge is -2.05. The first kappa shape index (κ1) is 10.4. The summed E-state index contributed by atoms with van der Waals surface area (Å²) in [6.07, 6.45) is 0. The van der Waals surface area contributed by atoms with E-state index in [2.05, 4.69) is 4.74 Å². The van der Waals surface area contributed by atoms with Gasteiger partial charge in [-0.3, -0.25) is 10.1 Å². The second-order valence-corrected chi connectivity index (χ2v) is 2.63. The second-order valence-electron chi connectivity index (χ2n) is 2.63. The van der Waals surface area contributed by atoms with Crippen molar-refractivity contribution in [3.63, 3.8) is 0 Å². The summed E-state index contributed by atoms with van der Waals surface area (Å²) in [5, 5.41) is 10.3. The summed E-state index contributed by atoms with van der Waals surface area (Å²) in [5.74, 6) is -2.94. The van der Waals surface area contributed by atoms with Crippen LogP contribution in [0.5, 0.6) is 5.75 Å². The van der Waals surface area contributed by atoms with Gasteiger partial charge >= 0.3 is 5.69 Å². The first-order valence-electron chi connectivity index (χ1n) is 3.66. The molecule has 0 aliphatic rings. The van der Waals surface area contributed by atoms with Crippen molar-refractivity contribution < 1.29 is 18.4 Å². The smallest absolute Gasteiger partial charge is 0.309 e. The molecule has 4 nitrogen and oxygen atoms in total. The van der Waals surface area contributed by atoms with Crippen LogP contribution in [0.1, 0.15) is 5.56 Å². The number of ether oxygens (including phenoxy) is 1. The summed E-state index contributed by atoms with van der Waals surface area (Å²) in [7, 11) is 1.05. The van der Waals surface area contributed by atoms with E-state index >= 15 is 0 Å². The summed E-state index contributed by atoms with van der Waals surface area (Å²) in [6, 6.07) is 0.827. The molecule has 0 fully saturated rings. The van der Waals surface area contributed by atoms with Crippen LogP contribution in [-0.2, 0) is 0 Å². The Balaban J connectivity index is 3.50. The number of benzene rings is 1. The van der Waals surface area contributed by atoms with Crippen molar-refractivity contribution >= 4 is 5.69 Å². The SMILES string of the molecule is COc1c(F)c(C)cc([N+](=O)[O-])c1F. The molecule has 0 spiro atoms. The fraction of sp³-hybridized carbons (Fsp3) is 0.250. The summed E-state index contributed by atoms with van der Waals surface area (Å²) in [4.78, 5) is 9.41. The van der Waals surface area contributed by atoms with Gasteiger partial charge in [0.1, 0.15) is 0 Å². The Morgan fingerprint density at radius 1 is 1.43 bits per heavy atom. The van der Waals surface area contributed by atoms with Crippen LogP contribution < -0.4 is 4.74 Å². The Bertz CT molecular complexity index is 393. The Labute approximate surface area is 78.3 Å².